The zero-order chi connectivity index (χ0) is 21.2. The summed E-state index contributed by atoms with van der Waals surface area (Å²) >= 11 is 1.25. The molecule has 3 aromatic heterocycles. The second-order valence-corrected chi connectivity index (χ2v) is 7.95. The van der Waals surface area contributed by atoms with Gasteiger partial charge >= 0.3 is 0 Å². The molecule has 4 aromatic rings. The van der Waals surface area contributed by atoms with Crippen LogP contribution in [0.5, 0.6) is 5.75 Å². The van der Waals surface area contributed by atoms with Gasteiger partial charge in [0.05, 0.1) is 26.5 Å². The number of phenols is 1. The monoisotopic (exact) mass is 417 g/mol. The third-order valence-electron chi connectivity index (χ3n) is 4.90. The van der Waals surface area contributed by atoms with Crippen LogP contribution in [0.4, 0.5) is 14.6 Å². The van der Waals surface area contributed by atoms with Crippen LogP contribution in [-0.4, -0.2) is 25.5 Å². The summed E-state index contributed by atoms with van der Waals surface area (Å²) in [6.45, 7) is 5.20. The number of amides is 1. The number of benzene rings is 1. The molecule has 0 bridgehead atoms. The van der Waals surface area contributed by atoms with E-state index < -0.39 is 18.0 Å². The molecule has 1 aromatic carbocycles. The van der Waals surface area contributed by atoms with Crippen molar-refractivity contribution in [1.29, 1.82) is 0 Å². The van der Waals surface area contributed by atoms with Crippen LogP contribution in [0, 0.1) is 20.8 Å². The van der Waals surface area contributed by atoms with E-state index in [2.05, 4.69) is 9.97 Å². The molecule has 150 valence electrons. The minimum absolute atomic E-state index is 0.00680. The lowest BCUT2D eigenvalue weighted by Gasteiger charge is -2.16. The molecule has 10 heteroatoms. The lowest BCUT2D eigenvalue weighted by atomic mass is 10.1. The van der Waals surface area contributed by atoms with Crippen LogP contribution in [0.25, 0.3) is 26.9 Å². The smallest absolute Gasteiger partial charge is 0.281 e. The summed E-state index contributed by atoms with van der Waals surface area (Å²) in [5.74, 6) is -1.02. The van der Waals surface area contributed by atoms with Crippen LogP contribution in [0.1, 0.15) is 38.6 Å². The van der Waals surface area contributed by atoms with E-state index in [1.807, 2.05) is 0 Å². The number of thiazole rings is 1. The van der Waals surface area contributed by atoms with Crippen molar-refractivity contribution in [2.24, 2.45) is 5.73 Å². The fraction of sp³-hybridized carbons (Fsp3) is 0.211. The number of carbonyl (C=O) groups is 1. The highest BCUT2D eigenvalue weighted by molar-refractivity contribution is 7.19. The van der Waals surface area contributed by atoms with E-state index in [4.69, 9.17) is 11.5 Å². The Morgan fingerprint density at radius 1 is 1.24 bits per heavy atom. The molecule has 4 rings (SSSR count). The minimum atomic E-state index is -2.97. The van der Waals surface area contributed by atoms with Crippen LogP contribution >= 0.6 is 11.3 Å². The molecule has 0 saturated carbocycles. The number of hydrogen-bond donors (Lipinski definition) is 3. The van der Waals surface area contributed by atoms with Gasteiger partial charge in [0, 0.05) is 10.9 Å². The molecule has 3 heterocycles. The number of halogens is 2. The minimum Gasteiger partial charge on any atom is -0.508 e. The van der Waals surface area contributed by atoms with Gasteiger partial charge in [0.2, 0.25) is 0 Å². The molecule has 0 atom stereocenters. The number of aromatic hydroxyl groups is 1. The molecular formula is C19H17F2N5O2S. The van der Waals surface area contributed by atoms with Gasteiger partial charge in [-0.2, -0.15) is 0 Å². The van der Waals surface area contributed by atoms with E-state index in [9.17, 15) is 18.7 Å². The van der Waals surface area contributed by atoms with Gasteiger partial charge in [0.25, 0.3) is 12.3 Å². The Morgan fingerprint density at radius 2 is 1.93 bits per heavy atom. The van der Waals surface area contributed by atoms with Gasteiger partial charge in [-0.25, -0.2) is 18.7 Å². The van der Waals surface area contributed by atoms with Crippen molar-refractivity contribution < 1.29 is 18.7 Å². The molecule has 5 N–H and O–H groups in total. The molecule has 0 unspecified atom stereocenters. The van der Waals surface area contributed by atoms with Gasteiger partial charge in [0.1, 0.15) is 17.3 Å². The maximum atomic E-state index is 13.9. The lowest BCUT2D eigenvalue weighted by molar-refractivity contribution is 0.100. The second-order valence-electron chi connectivity index (χ2n) is 6.74. The highest BCUT2D eigenvalue weighted by Gasteiger charge is 2.30. The summed E-state index contributed by atoms with van der Waals surface area (Å²) in [5.41, 5.74) is 13.1. The summed E-state index contributed by atoms with van der Waals surface area (Å²) < 4.78 is 29.8. The molecule has 0 aliphatic heterocycles. The average molecular weight is 417 g/mol. The number of pyridine rings is 1. The number of nitrogens with two attached hydrogens (primary N) is 2. The van der Waals surface area contributed by atoms with Crippen LogP contribution in [0.2, 0.25) is 0 Å². The SMILES string of the molecule is Cc1nc2nc(C(F)F)c3c(C(N)=O)c(N)n(-c4c(C)ccc(O)c4C)c3c2s1. The van der Waals surface area contributed by atoms with Crippen molar-refractivity contribution in [3.8, 4) is 11.4 Å². The van der Waals surface area contributed by atoms with E-state index in [0.29, 0.717) is 21.0 Å². The van der Waals surface area contributed by atoms with E-state index in [-0.39, 0.29) is 33.7 Å². The first-order valence-electron chi connectivity index (χ1n) is 8.61. The van der Waals surface area contributed by atoms with Crippen molar-refractivity contribution >= 4 is 44.3 Å². The van der Waals surface area contributed by atoms with Gasteiger partial charge in [0.15, 0.2) is 5.65 Å². The van der Waals surface area contributed by atoms with E-state index in [1.54, 1.807) is 26.8 Å². The standard InChI is InChI=1S/C19H17F2N5O2S/c1-6-4-5-9(27)7(2)13(6)26-14-10(11(17(26)22)18(23)28)12(16(20)21)25-19-15(14)29-8(3)24-19/h4-5,16,27H,22H2,1-3H3,(H2,23,28). The molecule has 1 amide bonds. The summed E-state index contributed by atoms with van der Waals surface area (Å²) in [4.78, 5) is 20.5. The molecule has 0 aliphatic carbocycles. The highest BCUT2D eigenvalue weighted by Crippen LogP contribution is 2.43. The van der Waals surface area contributed by atoms with Gasteiger partial charge in [-0.05, 0) is 32.4 Å². The zero-order valence-corrected chi connectivity index (χ0v) is 16.6. The molecule has 0 spiro atoms. The Balaban J connectivity index is 2.36. The van der Waals surface area contributed by atoms with Crippen molar-refractivity contribution in [3.05, 3.63) is 39.5 Å². The number of aryl methyl sites for hydroxylation is 2. The number of aromatic nitrogens is 3. The zero-order valence-electron chi connectivity index (χ0n) is 15.7. The number of rotatable bonds is 3. The Bertz CT molecular complexity index is 1330. The van der Waals surface area contributed by atoms with Crippen LogP contribution in [-0.2, 0) is 0 Å². The molecule has 0 aliphatic rings. The first-order valence-corrected chi connectivity index (χ1v) is 9.43. The molecule has 0 saturated heterocycles. The molecule has 7 nitrogen and oxygen atoms in total. The third-order valence-corrected chi connectivity index (χ3v) is 5.87. The predicted molar refractivity (Wildman–Crippen MR) is 108 cm³/mol. The fourth-order valence-electron chi connectivity index (χ4n) is 3.68. The van der Waals surface area contributed by atoms with Crippen molar-refractivity contribution in [2.45, 2.75) is 27.2 Å². The van der Waals surface area contributed by atoms with Gasteiger partial charge < -0.3 is 16.6 Å². The number of primary amides is 1. The number of hydrogen-bond acceptors (Lipinski definition) is 6. The summed E-state index contributed by atoms with van der Waals surface area (Å²) in [7, 11) is 0. The first-order chi connectivity index (χ1) is 13.6. The number of nitrogens with zero attached hydrogens (tertiary/aromatic N) is 3. The predicted octanol–water partition coefficient (Wildman–Crippen LogP) is 3.88. The van der Waals surface area contributed by atoms with Gasteiger partial charge in [-0.3, -0.25) is 9.36 Å². The Kier molecular flexibility index (Phi) is 4.19. The normalized spacial score (nSPS) is 11.8. The van der Waals surface area contributed by atoms with Crippen LogP contribution in [0.15, 0.2) is 12.1 Å². The summed E-state index contributed by atoms with van der Waals surface area (Å²) in [6, 6.07) is 3.21. The summed E-state index contributed by atoms with van der Waals surface area (Å²) in [6.07, 6.45) is -2.97. The van der Waals surface area contributed by atoms with Crippen LogP contribution in [0.3, 0.4) is 0 Å². The third kappa shape index (κ3) is 2.63. The number of fused-ring (bicyclic) bond motifs is 3. The van der Waals surface area contributed by atoms with E-state index in [1.165, 1.54) is 22.0 Å². The number of carbonyl (C=O) groups excluding carboxylic acids is 1. The Hall–Kier alpha value is -3.27. The quantitative estimate of drug-likeness (QED) is 0.467. The van der Waals surface area contributed by atoms with Crippen molar-refractivity contribution in [3.63, 3.8) is 0 Å². The maximum Gasteiger partial charge on any atom is 0.281 e. The van der Waals surface area contributed by atoms with Crippen LogP contribution < -0.4 is 11.5 Å². The fourth-order valence-corrected chi connectivity index (χ4v) is 4.58. The van der Waals surface area contributed by atoms with E-state index in [0.717, 1.165) is 5.56 Å². The lowest BCUT2D eigenvalue weighted by Crippen LogP contribution is -2.14. The van der Waals surface area contributed by atoms with Crippen molar-refractivity contribution in [1.82, 2.24) is 14.5 Å². The molecule has 29 heavy (non-hydrogen) atoms. The number of nitrogen functional groups attached to an aromatic ring is 1. The van der Waals surface area contributed by atoms with Gasteiger partial charge in [-0.15, -0.1) is 11.3 Å². The molecular weight excluding hydrogens is 400 g/mol. The first kappa shape index (κ1) is 19.1. The molecule has 0 radical (unpaired) electrons. The molecule has 0 fully saturated rings. The number of alkyl halides is 2. The second kappa shape index (κ2) is 6.38. The number of anilines is 1. The Labute approximate surface area is 167 Å². The van der Waals surface area contributed by atoms with E-state index >= 15 is 0 Å². The largest absolute Gasteiger partial charge is 0.508 e. The Morgan fingerprint density at radius 3 is 2.55 bits per heavy atom. The highest BCUT2D eigenvalue weighted by atomic mass is 32.1. The number of phenolic OH excluding ortho intramolecular Hbond substituents is 1. The topological polar surface area (TPSA) is 120 Å². The summed E-state index contributed by atoms with van der Waals surface area (Å²) in [5, 5.41) is 10.8. The average Bonchev–Trinajstić information content (AvgIpc) is 3.15. The van der Waals surface area contributed by atoms with Crippen molar-refractivity contribution in [2.75, 3.05) is 5.73 Å². The van der Waals surface area contributed by atoms with Gasteiger partial charge in [-0.1, -0.05) is 6.07 Å². The maximum absolute atomic E-state index is 13.9.